The topological polar surface area (TPSA) is 70.0 Å². The highest BCUT2D eigenvalue weighted by atomic mass is 32.2. The van der Waals surface area contributed by atoms with E-state index < -0.39 is 15.8 Å². The minimum Gasteiger partial charge on any atom is -0.211 e. The van der Waals surface area contributed by atoms with Crippen molar-refractivity contribution in [3.63, 3.8) is 0 Å². The molecular weight excluding hydrogens is 243 g/mol. The maximum atomic E-state index is 13.0. The molecule has 17 heavy (non-hydrogen) atoms. The van der Waals surface area contributed by atoms with Crippen LogP contribution in [-0.2, 0) is 10.0 Å². The largest absolute Gasteiger partial charge is 0.240 e. The highest BCUT2D eigenvalue weighted by Crippen LogP contribution is 2.14. The molecule has 1 N–H and O–H groups in total. The van der Waals surface area contributed by atoms with Crippen LogP contribution in [0.3, 0.4) is 0 Å². The first-order valence-electron chi connectivity index (χ1n) is 5.06. The van der Waals surface area contributed by atoms with Crippen molar-refractivity contribution >= 4 is 10.0 Å². The van der Waals surface area contributed by atoms with E-state index in [-0.39, 0.29) is 16.4 Å². The van der Waals surface area contributed by atoms with E-state index >= 15 is 0 Å². The predicted octanol–water partition coefficient (Wildman–Crippen LogP) is 1.63. The molecule has 1 rings (SSSR count). The molecule has 1 aromatic rings. The van der Waals surface area contributed by atoms with Crippen LogP contribution in [0, 0.1) is 23.1 Å². The van der Waals surface area contributed by atoms with Crippen LogP contribution in [0.5, 0.6) is 0 Å². The summed E-state index contributed by atoms with van der Waals surface area (Å²) in [6.07, 6.45) is 0. The van der Waals surface area contributed by atoms with Gasteiger partial charge in [-0.2, -0.15) is 5.26 Å². The molecule has 0 radical (unpaired) electrons. The second-order valence-electron chi connectivity index (χ2n) is 4.00. The van der Waals surface area contributed by atoms with Gasteiger partial charge in [0.05, 0.1) is 10.5 Å². The normalized spacial score (nSPS) is 11.5. The number of benzene rings is 1. The van der Waals surface area contributed by atoms with E-state index in [9.17, 15) is 12.8 Å². The van der Waals surface area contributed by atoms with Gasteiger partial charge in [0.1, 0.15) is 11.9 Å². The number of halogens is 1. The lowest BCUT2D eigenvalue weighted by Gasteiger charge is -2.09. The summed E-state index contributed by atoms with van der Waals surface area (Å²) < 4.78 is 39.0. The van der Waals surface area contributed by atoms with E-state index in [1.54, 1.807) is 6.07 Å². The Hall–Kier alpha value is -1.45. The van der Waals surface area contributed by atoms with Gasteiger partial charge in [0.2, 0.25) is 10.0 Å². The van der Waals surface area contributed by atoms with Gasteiger partial charge in [0.15, 0.2) is 0 Å². The highest BCUT2D eigenvalue weighted by Gasteiger charge is 2.16. The number of sulfonamides is 1. The van der Waals surface area contributed by atoms with Crippen LogP contribution in [0.1, 0.15) is 19.4 Å². The van der Waals surface area contributed by atoms with Gasteiger partial charge in [-0.3, -0.25) is 0 Å². The fourth-order valence-corrected chi connectivity index (χ4v) is 2.36. The van der Waals surface area contributed by atoms with Gasteiger partial charge >= 0.3 is 0 Å². The van der Waals surface area contributed by atoms with Crippen molar-refractivity contribution < 1.29 is 12.8 Å². The van der Waals surface area contributed by atoms with E-state index in [1.807, 2.05) is 13.8 Å². The summed E-state index contributed by atoms with van der Waals surface area (Å²) in [5, 5.41) is 8.62. The molecule has 0 aliphatic rings. The van der Waals surface area contributed by atoms with E-state index in [4.69, 9.17) is 5.26 Å². The molecule has 0 bridgehead atoms. The highest BCUT2D eigenvalue weighted by molar-refractivity contribution is 7.89. The second kappa shape index (κ2) is 5.25. The lowest BCUT2D eigenvalue weighted by Crippen LogP contribution is -2.27. The van der Waals surface area contributed by atoms with E-state index in [2.05, 4.69) is 4.72 Å². The third-order valence-electron chi connectivity index (χ3n) is 2.05. The summed E-state index contributed by atoms with van der Waals surface area (Å²) in [4.78, 5) is -0.101. The zero-order valence-corrected chi connectivity index (χ0v) is 10.4. The maximum Gasteiger partial charge on any atom is 0.240 e. The fraction of sp³-hybridized carbons (Fsp3) is 0.364. The summed E-state index contributed by atoms with van der Waals surface area (Å²) in [5.41, 5.74) is -0.280. The van der Waals surface area contributed by atoms with Crippen molar-refractivity contribution in [3.8, 4) is 6.07 Å². The minimum atomic E-state index is -3.67. The average Bonchev–Trinajstić information content (AvgIpc) is 2.27. The zero-order chi connectivity index (χ0) is 13.1. The molecule has 92 valence electrons. The van der Waals surface area contributed by atoms with Crippen molar-refractivity contribution in [3.05, 3.63) is 29.6 Å². The number of nitrogens with zero attached hydrogens (tertiary/aromatic N) is 1. The van der Waals surface area contributed by atoms with Crippen LogP contribution >= 0.6 is 0 Å². The Kier molecular flexibility index (Phi) is 4.21. The molecule has 0 heterocycles. The summed E-state index contributed by atoms with van der Waals surface area (Å²) >= 11 is 0. The Bertz CT molecular complexity index is 547. The smallest absolute Gasteiger partial charge is 0.211 e. The third kappa shape index (κ3) is 3.51. The van der Waals surface area contributed by atoms with Crippen LogP contribution in [-0.4, -0.2) is 15.0 Å². The van der Waals surface area contributed by atoms with Crippen LogP contribution in [0.4, 0.5) is 4.39 Å². The second-order valence-corrected chi connectivity index (χ2v) is 5.77. The van der Waals surface area contributed by atoms with Crippen LogP contribution in [0.25, 0.3) is 0 Å². The monoisotopic (exact) mass is 256 g/mol. The van der Waals surface area contributed by atoms with Gasteiger partial charge in [-0.15, -0.1) is 0 Å². The first-order chi connectivity index (χ1) is 7.86. The quantitative estimate of drug-likeness (QED) is 0.890. The summed E-state index contributed by atoms with van der Waals surface area (Å²) in [5.74, 6) is -0.559. The standard InChI is InChI=1S/C11H13FN2O2S/c1-8(2)7-14-17(15,16)10-3-4-11(12)9(5-10)6-13/h3-5,8,14H,7H2,1-2H3. The molecule has 0 aliphatic carbocycles. The first-order valence-corrected chi connectivity index (χ1v) is 6.54. The van der Waals surface area contributed by atoms with Crippen molar-refractivity contribution in [2.24, 2.45) is 5.92 Å². The molecule has 0 fully saturated rings. The molecule has 0 saturated heterocycles. The first kappa shape index (κ1) is 13.6. The van der Waals surface area contributed by atoms with Crippen molar-refractivity contribution in [1.29, 1.82) is 5.26 Å². The molecule has 0 unspecified atom stereocenters. The SMILES string of the molecule is CC(C)CNS(=O)(=O)c1ccc(F)c(C#N)c1. The molecule has 4 nitrogen and oxygen atoms in total. The van der Waals surface area contributed by atoms with Crippen LogP contribution < -0.4 is 4.72 Å². The molecule has 0 aliphatic heterocycles. The van der Waals surface area contributed by atoms with Gasteiger partial charge in [0.25, 0.3) is 0 Å². The van der Waals surface area contributed by atoms with Gasteiger partial charge in [0, 0.05) is 6.54 Å². The number of nitriles is 1. The van der Waals surface area contributed by atoms with Crippen molar-refractivity contribution in [2.45, 2.75) is 18.7 Å². The van der Waals surface area contributed by atoms with Gasteiger partial charge < -0.3 is 0 Å². The zero-order valence-electron chi connectivity index (χ0n) is 9.57. The van der Waals surface area contributed by atoms with Gasteiger partial charge in [-0.05, 0) is 24.1 Å². The summed E-state index contributed by atoms with van der Waals surface area (Å²) in [7, 11) is -3.67. The van der Waals surface area contributed by atoms with Crippen LogP contribution in [0.2, 0.25) is 0 Å². The molecule has 0 atom stereocenters. The number of hydrogen-bond donors (Lipinski definition) is 1. The predicted molar refractivity (Wildman–Crippen MR) is 61.1 cm³/mol. The molecule has 0 spiro atoms. The molecule has 6 heteroatoms. The Balaban J connectivity index is 3.04. The minimum absolute atomic E-state index is 0.101. The molecule has 0 amide bonds. The Morgan fingerprint density at radius 3 is 2.65 bits per heavy atom. The molecule has 1 aromatic carbocycles. The molecule has 0 aromatic heterocycles. The van der Waals surface area contributed by atoms with Gasteiger partial charge in [-0.1, -0.05) is 13.8 Å². The number of rotatable bonds is 4. The molecular formula is C11H13FN2O2S. The Morgan fingerprint density at radius 2 is 2.12 bits per heavy atom. The third-order valence-corrected chi connectivity index (χ3v) is 3.47. The van der Waals surface area contributed by atoms with E-state index in [0.717, 1.165) is 18.2 Å². The lowest BCUT2D eigenvalue weighted by atomic mass is 10.2. The van der Waals surface area contributed by atoms with Crippen molar-refractivity contribution in [2.75, 3.05) is 6.54 Å². The fourth-order valence-electron chi connectivity index (χ4n) is 1.12. The average molecular weight is 256 g/mol. The van der Waals surface area contributed by atoms with Gasteiger partial charge in [-0.25, -0.2) is 17.5 Å². The van der Waals surface area contributed by atoms with Crippen LogP contribution in [0.15, 0.2) is 23.1 Å². The Labute approximate surface area is 100 Å². The summed E-state index contributed by atoms with van der Waals surface area (Å²) in [6.45, 7) is 4.03. The molecule has 0 saturated carbocycles. The van der Waals surface area contributed by atoms with E-state index in [1.165, 1.54) is 0 Å². The summed E-state index contributed by atoms with van der Waals surface area (Å²) in [6, 6.07) is 4.74. The Morgan fingerprint density at radius 1 is 1.47 bits per heavy atom. The van der Waals surface area contributed by atoms with Crippen molar-refractivity contribution in [1.82, 2.24) is 4.72 Å². The lowest BCUT2D eigenvalue weighted by molar-refractivity contribution is 0.559. The van der Waals surface area contributed by atoms with E-state index in [0.29, 0.717) is 6.54 Å². The maximum absolute atomic E-state index is 13.0. The number of hydrogen-bond acceptors (Lipinski definition) is 3. The number of nitrogens with one attached hydrogen (secondary N) is 1.